The highest BCUT2D eigenvalue weighted by Gasteiger charge is 2.31. The lowest BCUT2D eigenvalue weighted by Crippen LogP contribution is -2.29. The fourth-order valence-corrected chi connectivity index (χ4v) is 2.75. The number of nitrogens with zero attached hydrogens (tertiary/aromatic N) is 3. The molecule has 0 radical (unpaired) electrons. The van der Waals surface area contributed by atoms with Crippen LogP contribution in [-0.4, -0.2) is 54.4 Å². The van der Waals surface area contributed by atoms with Crippen molar-refractivity contribution in [2.24, 2.45) is 0 Å². The maximum absolute atomic E-state index is 13.8. The SMILES string of the molecule is COCCOCc1nc(C2CCN(C(=O)c3ccccc3F)C2)no1. The van der Waals surface area contributed by atoms with Crippen LogP contribution < -0.4 is 0 Å². The largest absolute Gasteiger partial charge is 0.382 e. The van der Waals surface area contributed by atoms with Gasteiger partial charge < -0.3 is 18.9 Å². The lowest BCUT2D eigenvalue weighted by atomic mass is 10.1. The molecule has 0 bridgehead atoms. The first-order chi connectivity index (χ1) is 12.2. The van der Waals surface area contributed by atoms with E-state index in [1.165, 1.54) is 12.1 Å². The van der Waals surface area contributed by atoms with Crippen molar-refractivity contribution in [3.05, 3.63) is 47.4 Å². The van der Waals surface area contributed by atoms with Crippen LogP contribution in [0.15, 0.2) is 28.8 Å². The molecule has 2 aromatic rings. The lowest BCUT2D eigenvalue weighted by molar-refractivity contribution is 0.0494. The van der Waals surface area contributed by atoms with Gasteiger partial charge in [0, 0.05) is 26.1 Å². The maximum Gasteiger partial charge on any atom is 0.256 e. The number of halogens is 1. The minimum absolute atomic E-state index is 0.0211. The van der Waals surface area contributed by atoms with E-state index in [-0.39, 0.29) is 24.0 Å². The van der Waals surface area contributed by atoms with Crippen LogP contribution in [0.1, 0.15) is 34.4 Å². The van der Waals surface area contributed by atoms with Gasteiger partial charge in [-0.05, 0) is 18.6 Å². The van der Waals surface area contributed by atoms with Crippen LogP contribution in [-0.2, 0) is 16.1 Å². The van der Waals surface area contributed by atoms with Crippen molar-refractivity contribution in [3.8, 4) is 0 Å². The predicted molar refractivity (Wildman–Crippen MR) is 85.5 cm³/mol. The number of benzene rings is 1. The standard InChI is InChI=1S/C17H20FN3O4/c1-23-8-9-24-11-15-19-16(20-25-15)12-6-7-21(10-12)17(22)13-4-2-3-5-14(13)18/h2-5,12H,6-11H2,1H3. The van der Waals surface area contributed by atoms with Crippen molar-refractivity contribution >= 4 is 5.91 Å². The highest BCUT2D eigenvalue weighted by atomic mass is 19.1. The zero-order valence-corrected chi connectivity index (χ0v) is 14.0. The monoisotopic (exact) mass is 349 g/mol. The number of ether oxygens (including phenoxy) is 2. The fourth-order valence-electron chi connectivity index (χ4n) is 2.75. The molecule has 3 rings (SSSR count). The third-order valence-corrected chi connectivity index (χ3v) is 4.09. The first kappa shape index (κ1) is 17.5. The second-order valence-electron chi connectivity index (χ2n) is 5.81. The Morgan fingerprint density at radius 1 is 1.40 bits per heavy atom. The van der Waals surface area contributed by atoms with Gasteiger partial charge in [-0.15, -0.1) is 0 Å². The molecule has 7 nitrogen and oxygen atoms in total. The van der Waals surface area contributed by atoms with Gasteiger partial charge in [0.1, 0.15) is 12.4 Å². The average molecular weight is 349 g/mol. The van der Waals surface area contributed by atoms with E-state index in [1.807, 2.05) is 0 Å². The maximum atomic E-state index is 13.8. The third kappa shape index (κ3) is 4.21. The van der Waals surface area contributed by atoms with E-state index in [9.17, 15) is 9.18 Å². The van der Waals surface area contributed by atoms with Crippen molar-refractivity contribution in [1.29, 1.82) is 0 Å². The van der Waals surface area contributed by atoms with Crippen molar-refractivity contribution < 1.29 is 23.2 Å². The van der Waals surface area contributed by atoms with Gasteiger partial charge in [0.2, 0.25) is 0 Å². The van der Waals surface area contributed by atoms with Gasteiger partial charge in [-0.2, -0.15) is 4.98 Å². The van der Waals surface area contributed by atoms with Gasteiger partial charge in [0.05, 0.1) is 18.8 Å². The molecule has 1 aliphatic heterocycles. The summed E-state index contributed by atoms with van der Waals surface area (Å²) in [5, 5.41) is 3.97. The summed E-state index contributed by atoms with van der Waals surface area (Å²) in [6.07, 6.45) is 0.712. The highest BCUT2D eigenvalue weighted by Crippen LogP contribution is 2.26. The van der Waals surface area contributed by atoms with Crippen LogP contribution in [0.3, 0.4) is 0 Å². The predicted octanol–water partition coefficient (Wildman–Crippen LogP) is 2.00. The second kappa shape index (κ2) is 8.17. The fraction of sp³-hybridized carbons (Fsp3) is 0.471. The number of amides is 1. The minimum Gasteiger partial charge on any atom is -0.382 e. The molecule has 1 aliphatic rings. The molecule has 1 aromatic carbocycles. The Labute approximate surface area is 144 Å². The van der Waals surface area contributed by atoms with Gasteiger partial charge in [-0.25, -0.2) is 4.39 Å². The zero-order valence-electron chi connectivity index (χ0n) is 14.0. The van der Waals surface area contributed by atoms with Crippen LogP contribution in [0, 0.1) is 5.82 Å². The number of carbonyl (C=O) groups is 1. The summed E-state index contributed by atoms with van der Waals surface area (Å²) in [5.74, 6) is 0.101. The van der Waals surface area contributed by atoms with E-state index >= 15 is 0 Å². The summed E-state index contributed by atoms with van der Waals surface area (Å²) in [5.41, 5.74) is 0.0866. The number of hydrogen-bond acceptors (Lipinski definition) is 6. The molecule has 0 N–H and O–H groups in total. The first-order valence-corrected chi connectivity index (χ1v) is 8.12. The summed E-state index contributed by atoms with van der Waals surface area (Å²) in [6, 6.07) is 6.00. The summed E-state index contributed by atoms with van der Waals surface area (Å²) in [4.78, 5) is 18.4. The van der Waals surface area contributed by atoms with Gasteiger partial charge in [-0.1, -0.05) is 17.3 Å². The topological polar surface area (TPSA) is 77.7 Å². The molecule has 8 heteroatoms. The molecular weight excluding hydrogens is 329 g/mol. The molecule has 25 heavy (non-hydrogen) atoms. The summed E-state index contributed by atoms with van der Waals surface area (Å²) < 4.78 is 29.2. The molecule has 0 saturated carbocycles. The lowest BCUT2D eigenvalue weighted by Gasteiger charge is -2.16. The smallest absolute Gasteiger partial charge is 0.256 e. The Bertz CT molecular complexity index is 721. The Hall–Kier alpha value is -2.32. The molecule has 1 aromatic heterocycles. The molecule has 1 atom stereocenters. The third-order valence-electron chi connectivity index (χ3n) is 4.09. The van der Waals surface area contributed by atoms with E-state index in [4.69, 9.17) is 14.0 Å². The highest BCUT2D eigenvalue weighted by molar-refractivity contribution is 5.94. The van der Waals surface area contributed by atoms with Crippen LogP contribution in [0.25, 0.3) is 0 Å². The first-order valence-electron chi connectivity index (χ1n) is 8.12. The Kier molecular flexibility index (Phi) is 5.72. The summed E-state index contributed by atoms with van der Waals surface area (Å²) in [7, 11) is 1.60. The molecule has 134 valence electrons. The molecule has 0 aliphatic carbocycles. The number of aromatic nitrogens is 2. The summed E-state index contributed by atoms with van der Waals surface area (Å²) >= 11 is 0. The van der Waals surface area contributed by atoms with Gasteiger partial charge in [0.15, 0.2) is 5.82 Å². The van der Waals surface area contributed by atoms with E-state index in [2.05, 4.69) is 10.1 Å². The number of hydrogen-bond donors (Lipinski definition) is 0. The van der Waals surface area contributed by atoms with Crippen molar-refractivity contribution in [1.82, 2.24) is 15.0 Å². The molecule has 2 heterocycles. The normalized spacial score (nSPS) is 17.2. The van der Waals surface area contributed by atoms with E-state index in [0.29, 0.717) is 44.4 Å². The average Bonchev–Trinajstić information content (AvgIpc) is 3.28. The number of rotatable bonds is 7. The van der Waals surface area contributed by atoms with Crippen molar-refractivity contribution in [2.45, 2.75) is 18.9 Å². The molecule has 1 fully saturated rings. The van der Waals surface area contributed by atoms with E-state index < -0.39 is 5.82 Å². The molecular formula is C17H20FN3O4. The van der Waals surface area contributed by atoms with Gasteiger partial charge in [-0.3, -0.25) is 4.79 Å². The minimum atomic E-state index is -0.508. The Morgan fingerprint density at radius 2 is 2.24 bits per heavy atom. The number of carbonyl (C=O) groups excluding carboxylic acids is 1. The number of methoxy groups -OCH3 is 1. The quantitative estimate of drug-likeness (QED) is 0.712. The molecule has 1 amide bonds. The van der Waals surface area contributed by atoms with Crippen LogP contribution in [0.4, 0.5) is 4.39 Å². The second-order valence-corrected chi connectivity index (χ2v) is 5.81. The van der Waals surface area contributed by atoms with Gasteiger partial charge >= 0.3 is 0 Å². The van der Waals surface area contributed by atoms with Crippen molar-refractivity contribution in [3.63, 3.8) is 0 Å². The zero-order chi connectivity index (χ0) is 17.6. The van der Waals surface area contributed by atoms with Crippen LogP contribution in [0.2, 0.25) is 0 Å². The summed E-state index contributed by atoms with van der Waals surface area (Å²) in [6.45, 7) is 2.14. The Balaban J connectivity index is 1.57. The van der Waals surface area contributed by atoms with E-state index in [0.717, 1.165) is 0 Å². The number of likely N-dealkylation sites (tertiary alicyclic amines) is 1. The van der Waals surface area contributed by atoms with Gasteiger partial charge in [0.25, 0.3) is 11.8 Å². The molecule has 0 spiro atoms. The molecule has 1 saturated heterocycles. The van der Waals surface area contributed by atoms with Crippen LogP contribution in [0.5, 0.6) is 0 Å². The van der Waals surface area contributed by atoms with E-state index in [1.54, 1.807) is 24.1 Å². The molecule has 1 unspecified atom stereocenters. The van der Waals surface area contributed by atoms with Crippen molar-refractivity contribution in [2.75, 3.05) is 33.4 Å². The van der Waals surface area contributed by atoms with Crippen LogP contribution >= 0.6 is 0 Å². The Morgan fingerprint density at radius 3 is 3.04 bits per heavy atom.